The molecule has 4 rings (SSSR count). The van der Waals surface area contributed by atoms with E-state index in [1.54, 1.807) is 0 Å². The summed E-state index contributed by atoms with van der Waals surface area (Å²) in [6.07, 6.45) is 6.47. The fraction of sp³-hybridized carbons (Fsp3) is 0.458. The van der Waals surface area contributed by atoms with Crippen LogP contribution in [-0.4, -0.2) is 36.2 Å². The Balaban J connectivity index is 1.42. The van der Waals surface area contributed by atoms with Gasteiger partial charge in [0.05, 0.1) is 6.10 Å². The molecule has 0 radical (unpaired) electrons. The van der Waals surface area contributed by atoms with Gasteiger partial charge in [-0.3, -0.25) is 0 Å². The highest BCUT2D eigenvalue weighted by molar-refractivity contribution is 6.30. The van der Waals surface area contributed by atoms with Crippen LogP contribution in [0.4, 0.5) is 4.79 Å². The number of urea groups is 1. The van der Waals surface area contributed by atoms with Gasteiger partial charge >= 0.3 is 6.03 Å². The van der Waals surface area contributed by atoms with Gasteiger partial charge in [-0.15, -0.1) is 0 Å². The molecule has 2 amide bonds. The summed E-state index contributed by atoms with van der Waals surface area (Å²) in [4.78, 5) is 14.6. The lowest BCUT2D eigenvalue weighted by Gasteiger charge is -2.27. The number of halogens is 2. The molecule has 4 nitrogen and oxygen atoms in total. The van der Waals surface area contributed by atoms with E-state index in [1.807, 2.05) is 53.4 Å². The number of hydrogen-bond acceptors (Lipinski definition) is 2. The topological polar surface area (TPSA) is 41.6 Å². The Hall–Kier alpha value is -1.75. The number of likely N-dealkylation sites (tertiary alicyclic amines) is 1. The predicted octanol–water partition coefficient (Wildman–Crippen LogP) is 6.22. The molecule has 1 unspecified atom stereocenters. The van der Waals surface area contributed by atoms with Gasteiger partial charge in [-0.05, 0) is 54.7 Å². The average molecular weight is 447 g/mol. The number of benzene rings is 2. The number of carbonyl (C=O) groups is 1. The van der Waals surface area contributed by atoms with Gasteiger partial charge in [0.1, 0.15) is 6.10 Å². The van der Waals surface area contributed by atoms with E-state index < -0.39 is 0 Å². The summed E-state index contributed by atoms with van der Waals surface area (Å²) in [5.41, 5.74) is 2.07. The molecule has 0 bridgehead atoms. The van der Waals surface area contributed by atoms with E-state index in [1.165, 1.54) is 19.3 Å². The average Bonchev–Trinajstić information content (AvgIpc) is 3.23. The summed E-state index contributed by atoms with van der Waals surface area (Å²) in [5.74, 6) is 0. The van der Waals surface area contributed by atoms with E-state index in [0.29, 0.717) is 22.6 Å². The third-order valence-electron chi connectivity index (χ3n) is 6.04. The molecule has 2 fully saturated rings. The van der Waals surface area contributed by atoms with Crippen molar-refractivity contribution in [1.82, 2.24) is 10.2 Å². The zero-order valence-electron chi connectivity index (χ0n) is 17.0. The first-order valence-electron chi connectivity index (χ1n) is 10.8. The zero-order valence-corrected chi connectivity index (χ0v) is 18.5. The summed E-state index contributed by atoms with van der Waals surface area (Å²) in [6.45, 7) is 1.33. The van der Waals surface area contributed by atoms with E-state index >= 15 is 0 Å². The molecule has 1 aliphatic heterocycles. The molecule has 6 heteroatoms. The summed E-state index contributed by atoms with van der Waals surface area (Å²) in [6, 6.07) is 15.8. The van der Waals surface area contributed by atoms with Crippen molar-refractivity contribution in [3.63, 3.8) is 0 Å². The van der Waals surface area contributed by atoms with Crippen molar-refractivity contribution in [2.24, 2.45) is 0 Å². The minimum atomic E-state index is -0.231. The molecule has 0 spiro atoms. The van der Waals surface area contributed by atoms with Gasteiger partial charge in [-0.1, -0.05) is 66.7 Å². The molecular weight excluding hydrogens is 419 g/mol. The first-order chi connectivity index (χ1) is 14.6. The van der Waals surface area contributed by atoms with Crippen molar-refractivity contribution in [2.45, 2.75) is 56.8 Å². The fourth-order valence-corrected chi connectivity index (χ4v) is 4.61. The molecule has 160 valence electrons. The number of carbonyl (C=O) groups excluding carboxylic acids is 1. The van der Waals surface area contributed by atoms with Crippen LogP contribution in [0.1, 0.15) is 55.8 Å². The van der Waals surface area contributed by atoms with Crippen LogP contribution in [0.2, 0.25) is 10.0 Å². The maximum absolute atomic E-state index is 12.7. The van der Waals surface area contributed by atoms with Gasteiger partial charge < -0.3 is 15.0 Å². The first kappa shape index (κ1) is 21.5. The minimum Gasteiger partial charge on any atom is -0.364 e. The number of hydrogen-bond donors (Lipinski definition) is 1. The highest BCUT2D eigenvalue weighted by Gasteiger charge is 2.31. The minimum absolute atomic E-state index is 0.0153. The van der Waals surface area contributed by atoms with E-state index in [9.17, 15) is 4.79 Å². The van der Waals surface area contributed by atoms with Crippen LogP contribution in [0.15, 0.2) is 48.5 Å². The number of nitrogens with zero attached hydrogens (tertiary/aromatic N) is 1. The number of nitrogens with one attached hydrogen (secondary N) is 1. The Morgan fingerprint density at radius 2 is 1.47 bits per heavy atom. The van der Waals surface area contributed by atoms with Crippen LogP contribution in [-0.2, 0) is 4.74 Å². The first-order valence-corrected chi connectivity index (χ1v) is 11.6. The third-order valence-corrected chi connectivity index (χ3v) is 6.54. The third kappa shape index (κ3) is 5.48. The van der Waals surface area contributed by atoms with Crippen molar-refractivity contribution in [3.8, 4) is 0 Å². The maximum Gasteiger partial charge on any atom is 0.317 e. The molecule has 30 heavy (non-hydrogen) atoms. The van der Waals surface area contributed by atoms with Crippen LogP contribution in [0.5, 0.6) is 0 Å². The molecular formula is C24H28Cl2N2O2. The van der Waals surface area contributed by atoms with Crippen molar-refractivity contribution in [3.05, 3.63) is 69.7 Å². The molecule has 2 aromatic carbocycles. The highest BCUT2D eigenvalue weighted by Crippen LogP contribution is 2.31. The Bertz CT molecular complexity index is 790. The second kappa shape index (κ2) is 10.0. The van der Waals surface area contributed by atoms with Gasteiger partial charge in [0.2, 0.25) is 0 Å². The highest BCUT2D eigenvalue weighted by atomic mass is 35.5. The SMILES string of the molecule is O=C(NC1CCCCC1)N1CCC(OC(c2ccc(Cl)cc2)c2ccc(Cl)cc2)C1. The molecule has 1 saturated carbocycles. The predicted molar refractivity (Wildman–Crippen MR) is 121 cm³/mol. The summed E-state index contributed by atoms with van der Waals surface area (Å²) in [5, 5.41) is 4.60. The molecule has 1 heterocycles. The number of rotatable bonds is 5. The van der Waals surface area contributed by atoms with E-state index in [-0.39, 0.29) is 18.2 Å². The standard InChI is InChI=1S/C24H28Cl2N2O2/c25-19-10-6-17(7-11-19)23(18-8-12-20(26)13-9-18)30-22-14-15-28(16-22)24(29)27-21-4-2-1-3-5-21/h6-13,21-23H,1-5,14-16H2,(H,27,29). The largest absolute Gasteiger partial charge is 0.364 e. The lowest BCUT2D eigenvalue weighted by Crippen LogP contribution is -2.44. The molecule has 1 saturated heterocycles. The van der Waals surface area contributed by atoms with E-state index in [0.717, 1.165) is 36.9 Å². The van der Waals surface area contributed by atoms with Gasteiger partial charge in [-0.2, -0.15) is 0 Å². The van der Waals surface area contributed by atoms with Crippen LogP contribution in [0.3, 0.4) is 0 Å². The number of ether oxygens (including phenoxy) is 1. The summed E-state index contributed by atoms with van der Waals surface area (Å²) in [7, 11) is 0. The Morgan fingerprint density at radius 1 is 0.900 bits per heavy atom. The van der Waals surface area contributed by atoms with E-state index in [4.69, 9.17) is 27.9 Å². The van der Waals surface area contributed by atoms with Crippen LogP contribution >= 0.6 is 23.2 Å². The van der Waals surface area contributed by atoms with Crippen molar-refractivity contribution < 1.29 is 9.53 Å². The van der Waals surface area contributed by atoms with Gasteiger partial charge in [-0.25, -0.2) is 4.79 Å². The molecule has 1 N–H and O–H groups in total. The van der Waals surface area contributed by atoms with Gasteiger partial charge in [0.25, 0.3) is 0 Å². The monoisotopic (exact) mass is 446 g/mol. The van der Waals surface area contributed by atoms with Crippen molar-refractivity contribution in [2.75, 3.05) is 13.1 Å². The smallest absolute Gasteiger partial charge is 0.317 e. The quantitative estimate of drug-likeness (QED) is 0.592. The molecule has 1 aliphatic carbocycles. The van der Waals surface area contributed by atoms with Crippen LogP contribution in [0.25, 0.3) is 0 Å². The van der Waals surface area contributed by atoms with Gasteiger partial charge in [0, 0.05) is 29.2 Å². The van der Waals surface area contributed by atoms with Crippen LogP contribution < -0.4 is 5.32 Å². The fourth-order valence-electron chi connectivity index (χ4n) is 4.35. The normalized spacial score (nSPS) is 20.0. The summed E-state index contributed by atoms with van der Waals surface area (Å²) < 4.78 is 6.53. The second-order valence-corrected chi connectivity index (χ2v) is 9.13. The lowest BCUT2D eigenvalue weighted by atomic mass is 9.96. The van der Waals surface area contributed by atoms with Crippen molar-refractivity contribution in [1.29, 1.82) is 0 Å². The number of amides is 2. The Kier molecular flexibility index (Phi) is 7.19. The molecule has 2 aromatic rings. The Morgan fingerprint density at radius 3 is 2.03 bits per heavy atom. The second-order valence-electron chi connectivity index (χ2n) is 8.26. The molecule has 0 aromatic heterocycles. The molecule has 2 aliphatic rings. The van der Waals surface area contributed by atoms with Crippen molar-refractivity contribution >= 4 is 29.2 Å². The van der Waals surface area contributed by atoms with Crippen LogP contribution in [0, 0.1) is 0 Å². The molecule has 1 atom stereocenters. The summed E-state index contributed by atoms with van der Waals surface area (Å²) >= 11 is 12.2. The Labute approximate surface area is 188 Å². The van der Waals surface area contributed by atoms with Gasteiger partial charge in [0.15, 0.2) is 0 Å². The van der Waals surface area contributed by atoms with E-state index in [2.05, 4.69) is 5.32 Å². The lowest BCUT2D eigenvalue weighted by molar-refractivity contribution is 0.0159. The zero-order chi connectivity index (χ0) is 20.9. The maximum atomic E-state index is 12.7.